The third-order valence-corrected chi connectivity index (χ3v) is 4.78. The van der Waals surface area contributed by atoms with Crippen LogP contribution in [0.25, 0.3) is 10.9 Å². The van der Waals surface area contributed by atoms with Crippen molar-refractivity contribution in [3.8, 4) is 5.75 Å². The van der Waals surface area contributed by atoms with Gasteiger partial charge in [0.25, 0.3) is 6.43 Å². The maximum absolute atomic E-state index is 12.7. The summed E-state index contributed by atoms with van der Waals surface area (Å²) in [4.78, 5) is 6.46. The molecule has 1 fully saturated rings. The fourth-order valence-corrected chi connectivity index (χ4v) is 3.49. The van der Waals surface area contributed by atoms with Crippen LogP contribution in [0.1, 0.15) is 18.7 Å². The first-order valence-corrected chi connectivity index (χ1v) is 8.82. The third kappa shape index (κ3) is 3.72. The van der Waals surface area contributed by atoms with E-state index in [1.807, 2.05) is 24.3 Å². The number of fused-ring (bicyclic) bond motifs is 1. The summed E-state index contributed by atoms with van der Waals surface area (Å²) in [5, 5.41) is 0.885. The molecule has 0 bridgehead atoms. The number of piperidine rings is 1. The lowest BCUT2D eigenvalue weighted by Crippen LogP contribution is -2.37. The van der Waals surface area contributed by atoms with Gasteiger partial charge in [-0.15, -0.1) is 0 Å². The Morgan fingerprint density at radius 3 is 2.81 bits per heavy atom. The Morgan fingerprint density at radius 2 is 2.08 bits per heavy atom. The second kappa shape index (κ2) is 7.45. The topological polar surface area (TPSA) is 43.4 Å². The van der Waals surface area contributed by atoms with E-state index in [0.29, 0.717) is 6.54 Å². The molecule has 0 aliphatic carbocycles. The summed E-state index contributed by atoms with van der Waals surface area (Å²) in [6.45, 7) is 2.24. The fraction of sp³-hybridized carbons (Fsp3) is 0.421. The largest absolute Gasteiger partial charge is 0.490 e. The lowest BCUT2D eigenvalue weighted by Gasteiger charge is -2.31. The van der Waals surface area contributed by atoms with E-state index in [2.05, 4.69) is 9.88 Å². The molecule has 1 aliphatic rings. The fourth-order valence-electron chi connectivity index (χ4n) is 3.49. The second-order valence-corrected chi connectivity index (χ2v) is 6.57. The smallest absolute Gasteiger partial charge is 0.256 e. The van der Waals surface area contributed by atoms with Crippen LogP contribution in [0.15, 0.2) is 47.3 Å². The Morgan fingerprint density at radius 1 is 1.23 bits per heavy atom. The Kier molecular flexibility index (Phi) is 4.88. The molecule has 0 atom stereocenters. The van der Waals surface area contributed by atoms with Gasteiger partial charge in [-0.2, -0.15) is 0 Å². The summed E-state index contributed by atoms with van der Waals surface area (Å²) in [6, 6.07) is 7.47. The molecule has 138 valence electrons. The number of benzene rings is 1. The predicted octanol–water partition coefficient (Wildman–Crippen LogP) is 3.94. The molecular weight excluding hydrogens is 340 g/mol. The van der Waals surface area contributed by atoms with Crippen LogP contribution in [-0.2, 0) is 13.1 Å². The SMILES string of the molecule is FC(F)Cn1ccc2c(OC3CCN(Cc4ncco4)CC3)cccc21. The van der Waals surface area contributed by atoms with Crippen LogP contribution in [0, 0.1) is 0 Å². The van der Waals surface area contributed by atoms with E-state index in [0.717, 1.165) is 48.5 Å². The minimum absolute atomic E-state index is 0.125. The van der Waals surface area contributed by atoms with E-state index < -0.39 is 6.43 Å². The van der Waals surface area contributed by atoms with Crippen molar-refractivity contribution in [3.05, 3.63) is 48.8 Å². The van der Waals surface area contributed by atoms with Crippen LogP contribution >= 0.6 is 0 Å². The van der Waals surface area contributed by atoms with E-state index in [1.165, 1.54) is 0 Å². The first kappa shape index (κ1) is 17.0. The molecular formula is C19H21F2N3O2. The summed E-state index contributed by atoms with van der Waals surface area (Å²) < 4.78 is 38.5. The van der Waals surface area contributed by atoms with Crippen LogP contribution in [-0.4, -0.2) is 40.1 Å². The van der Waals surface area contributed by atoms with Gasteiger partial charge >= 0.3 is 0 Å². The molecule has 1 saturated heterocycles. The molecule has 0 saturated carbocycles. The number of likely N-dealkylation sites (tertiary alicyclic amines) is 1. The lowest BCUT2D eigenvalue weighted by atomic mass is 10.1. The second-order valence-electron chi connectivity index (χ2n) is 6.57. The number of rotatable bonds is 6. The van der Waals surface area contributed by atoms with Gasteiger partial charge < -0.3 is 13.7 Å². The summed E-state index contributed by atoms with van der Waals surface area (Å²) >= 11 is 0. The summed E-state index contributed by atoms with van der Waals surface area (Å²) in [5.41, 5.74) is 0.782. The number of hydrogen-bond acceptors (Lipinski definition) is 4. The van der Waals surface area contributed by atoms with E-state index in [9.17, 15) is 8.78 Å². The van der Waals surface area contributed by atoms with E-state index >= 15 is 0 Å². The molecule has 3 heterocycles. The van der Waals surface area contributed by atoms with E-state index in [4.69, 9.17) is 9.15 Å². The average Bonchev–Trinajstić information content (AvgIpc) is 3.27. The highest BCUT2D eigenvalue weighted by Crippen LogP contribution is 2.29. The van der Waals surface area contributed by atoms with Crippen molar-refractivity contribution in [1.82, 2.24) is 14.5 Å². The normalized spacial score (nSPS) is 16.6. The molecule has 2 aromatic heterocycles. The summed E-state index contributed by atoms with van der Waals surface area (Å²) in [6.07, 6.45) is 4.52. The first-order chi connectivity index (χ1) is 12.7. The Balaban J connectivity index is 1.39. The van der Waals surface area contributed by atoms with E-state index in [1.54, 1.807) is 23.2 Å². The zero-order chi connectivity index (χ0) is 17.9. The predicted molar refractivity (Wildman–Crippen MR) is 93.4 cm³/mol. The molecule has 0 amide bonds. The average molecular weight is 361 g/mol. The molecule has 0 N–H and O–H groups in total. The Hall–Kier alpha value is -2.41. The molecule has 26 heavy (non-hydrogen) atoms. The Bertz CT molecular complexity index is 840. The van der Waals surface area contributed by atoms with Gasteiger partial charge in [0.2, 0.25) is 5.89 Å². The zero-order valence-electron chi connectivity index (χ0n) is 14.4. The van der Waals surface area contributed by atoms with Gasteiger partial charge in [-0.3, -0.25) is 4.90 Å². The molecule has 1 aliphatic heterocycles. The Labute approximate surface area is 150 Å². The molecule has 0 unspecified atom stereocenters. The van der Waals surface area contributed by atoms with Crippen LogP contribution in [0.2, 0.25) is 0 Å². The van der Waals surface area contributed by atoms with Gasteiger partial charge in [-0.25, -0.2) is 13.8 Å². The zero-order valence-corrected chi connectivity index (χ0v) is 14.4. The van der Waals surface area contributed by atoms with Crippen molar-refractivity contribution in [2.24, 2.45) is 0 Å². The van der Waals surface area contributed by atoms with Gasteiger partial charge in [0.15, 0.2) is 0 Å². The number of aromatic nitrogens is 2. The van der Waals surface area contributed by atoms with E-state index in [-0.39, 0.29) is 12.6 Å². The molecule has 7 heteroatoms. The lowest BCUT2D eigenvalue weighted by molar-refractivity contribution is 0.0929. The van der Waals surface area contributed by atoms with Gasteiger partial charge in [-0.05, 0) is 31.0 Å². The highest BCUT2D eigenvalue weighted by molar-refractivity contribution is 5.86. The van der Waals surface area contributed by atoms with Gasteiger partial charge in [0.05, 0.1) is 24.8 Å². The first-order valence-electron chi connectivity index (χ1n) is 8.82. The number of ether oxygens (including phenoxy) is 1. The minimum Gasteiger partial charge on any atom is -0.490 e. The van der Waals surface area contributed by atoms with Crippen LogP contribution in [0.4, 0.5) is 8.78 Å². The monoisotopic (exact) mass is 361 g/mol. The van der Waals surface area contributed by atoms with Crippen LogP contribution in [0.3, 0.4) is 0 Å². The highest BCUT2D eigenvalue weighted by Gasteiger charge is 2.22. The van der Waals surface area contributed by atoms with Crippen molar-refractivity contribution in [2.75, 3.05) is 13.1 Å². The van der Waals surface area contributed by atoms with Crippen molar-refractivity contribution in [1.29, 1.82) is 0 Å². The van der Waals surface area contributed by atoms with Crippen molar-refractivity contribution >= 4 is 10.9 Å². The maximum atomic E-state index is 12.7. The quantitative estimate of drug-likeness (QED) is 0.667. The number of hydrogen-bond donors (Lipinski definition) is 0. The minimum atomic E-state index is -2.37. The van der Waals surface area contributed by atoms with Crippen LogP contribution < -0.4 is 4.74 Å². The molecule has 3 aromatic rings. The summed E-state index contributed by atoms with van der Waals surface area (Å²) in [5.74, 6) is 1.50. The number of halogens is 2. The molecule has 4 rings (SSSR count). The van der Waals surface area contributed by atoms with Crippen LogP contribution in [0.5, 0.6) is 5.75 Å². The number of alkyl halides is 2. The molecule has 1 aromatic carbocycles. The number of oxazole rings is 1. The van der Waals surface area contributed by atoms with Crippen molar-refractivity contribution in [3.63, 3.8) is 0 Å². The van der Waals surface area contributed by atoms with Crippen molar-refractivity contribution < 1.29 is 17.9 Å². The highest BCUT2D eigenvalue weighted by atomic mass is 19.3. The van der Waals surface area contributed by atoms with Gasteiger partial charge in [-0.1, -0.05) is 6.07 Å². The van der Waals surface area contributed by atoms with Gasteiger partial charge in [0.1, 0.15) is 18.1 Å². The standard InChI is InChI=1S/C19H21F2N3O2/c20-18(21)12-24-10-6-15-16(24)2-1-3-17(15)26-14-4-8-23(9-5-14)13-19-22-7-11-25-19/h1-3,6-7,10-11,14,18H,4-5,8-9,12-13H2. The van der Waals surface area contributed by atoms with Gasteiger partial charge in [0, 0.05) is 24.7 Å². The molecule has 0 spiro atoms. The summed E-state index contributed by atoms with van der Waals surface area (Å²) in [7, 11) is 0. The third-order valence-electron chi connectivity index (χ3n) is 4.78. The molecule has 0 radical (unpaired) electrons. The van der Waals surface area contributed by atoms with Crippen molar-refractivity contribution in [2.45, 2.75) is 38.5 Å². The molecule has 5 nitrogen and oxygen atoms in total. The maximum Gasteiger partial charge on any atom is 0.256 e. The number of nitrogens with zero attached hydrogens (tertiary/aromatic N) is 3.